The number of anilines is 1. The highest BCUT2D eigenvalue weighted by atomic mass is 79.9. The van der Waals surface area contributed by atoms with Crippen LogP contribution in [0.3, 0.4) is 0 Å². The van der Waals surface area contributed by atoms with Gasteiger partial charge in [-0.15, -0.1) is 0 Å². The maximum Gasteiger partial charge on any atom is 0.238 e. The van der Waals surface area contributed by atoms with E-state index in [1.165, 1.54) is 6.07 Å². The molecule has 1 rings (SSSR count). The van der Waals surface area contributed by atoms with Crippen molar-refractivity contribution >= 4 is 39.1 Å². The smallest absolute Gasteiger partial charge is 0.238 e. The summed E-state index contributed by atoms with van der Waals surface area (Å²) < 4.78 is 13.3. The Kier molecular flexibility index (Phi) is 4.70. The highest BCUT2D eigenvalue weighted by Crippen LogP contribution is 2.31. The van der Waals surface area contributed by atoms with Gasteiger partial charge >= 0.3 is 0 Å². The molecule has 0 atom stereocenters. The zero-order valence-electron chi connectivity index (χ0n) is 8.85. The number of rotatable bonds is 3. The predicted molar refractivity (Wildman–Crippen MR) is 66.3 cm³/mol. The number of carbonyl (C=O) groups is 1. The van der Waals surface area contributed by atoms with Crippen LogP contribution in [0.15, 0.2) is 16.6 Å². The number of likely N-dealkylation sites (N-methyl/N-ethyl adjacent to an activating group) is 1. The molecule has 0 unspecified atom stereocenters. The van der Waals surface area contributed by atoms with Crippen LogP contribution in [0.25, 0.3) is 0 Å². The number of hydrogen-bond donors (Lipinski definition) is 1. The molecular formula is C10H11BrClFN2O. The monoisotopic (exact) mass is 308 g/mol. The molecule has 0 aliphatic heterocycles. The lowest BCUT2D eigenvalue weighted by atomic mass is 10.3. The van der Waals surface area contributed by atoms with Gasteiger partial charge in [-0.3, -0.25) is 4.79 Å². The van der Waals surface area contributed by atoms with Crippen LogP contribution in [0, 0.1) is 5.82 Å². The molecule has 0 heterocycles. The normalized spacial score (nSPS) is 10.6. The Morgan fingerprint density at radius 1 is 1.56 bits per heavy atom. The minimum absolute atomic E-state index is 0.166. The van der Waals surface area contributed by atoms with Gasteiger partial charge in [0.05, 0.1) is 17.3 Å². The Hall–Kier alpha value is -0.650. The summed E-state index contributed by atoms with van der Waals surface area (Å²) in [6.07, 6.45) is 0. The second kappa shape index (κ2) is 5.61. The van der Waals surface area contributed by atoms with Gasteiger partial charge in [-0.2, -0.15) is 0 Å². The van der Waals surface area contributed by atoms with E-state index >= 15 is 0 Å². The number of hydrogen-bond acceptors (Lipinski definition) is 2. The zero-order chi connectivity index (χ0) is 12.3. The van der Waals surface area contributed by atoms with Crippen molar-refractivity contribution in [2.24, 2.45) is 0 Å². The highest BCUT2D eigenvalue weighted by molar-refractivity contribution is 9.10. The molecule has 1 aromatic carbocycles. The highest BCUT2D eigenvalue weighted by Gasteiger charge is 2.11. The number of benzene rings is 1. The molecule has 0 saturated carbocycles. The molecule has 0 aliphatic rings. The summed E-state index contributed by atoms with van der Waals surface area (Å²) in [6.45, 7) is 0.236. The zero-order valence-corrected chi connectivity index (χ0v) is 11.2. The summed E-state index contributed by atoms with van der Waals surface area (Å²) >= 11 is 8.96. The molecule has 0 radical (unpaired) electrons. The Labute approximate surface area is 107 Å². The van der Waals surface area contributed by atoms with Crippen molar-refractivity contribution in [1.82, 2.24) is 4.90 Å². The standard InChI is InChI=1S/C10H11BrClFN2O/c1-15(2)5-9(16)14-10-7(11)3-6(13)4-8(10)12/h3-4H,5H2,1-2H3,(H,14,16). The first-order valence-corrected chi connectivity index (χ1v) is 5.66. The van der Waals surface area contributed by atoms with Crippen LogP contribution < -0.4 is 5.32 Å². The first-order valence-electron chi connectivity index (χ1n) is 4.49. The number of amides is 1. The summed E-state index contributed by atoms with van der Waals surface area (Å²) in [5.41, 5.74) is 0.384. The van der Waals surface area contributed by atoms with E-state index in [0.29, 0.717) is 10.2 Å². The van der Waals surface area contributed by atoms with Crippen molar-refractivity contribution in [2.45, 2.75) is 0 Å². The van der Waals surface area contributed by atoms with E-state index in [1.54, 1.807) is 19.0 Å². The SMILES string of the molecule is CN(C)CC(=O)Nc1c(Cl)cc(F)cc1Br. The van der Waals surface area contributed by atoms with Gasteiger partial charge in [0.1, 0.15) is 5.82 Å². The van der Waals surface area contributed by atoms with Crippen LogP contribution in [0.2, 0.25) is 5.02 Å². The molecule has 88 valence electrons. The third-order valence-corrected chi connectivity index (χ3v) is 2.65. The van der Waals surface area contributed by atoms with E-state index in [-0.39, 0.29) is 17.5 Å². The number of halogens is 3. The summed E-state index contributed by atoms with van der Waals surface area (Å²) in [5, 5.41) is 2.78. The fourth-order valence-electron chi connectivity index (χ4n) is 1.13. The molecule has 0 spiro atoms. The van der Waals surface area contributed by atoms with E-state index in [1.807, 2.05) is 0 Å². The van der Waals surface area contributed by atoms with Gasteiger partial charge in [0.2, 0.25) is 5.91 Å². The number of nitrogens with one attached hydrogen (secondary N) is 1. The fraction of sp³-hybridized carbons (Fsp3) is 0.300. The van der Waals surface area contributed by atoms with Crippen molar-refractivity contribution < 1.29 is 9.18 Å². The van der Waals surface area contributed by atoms with Crippen LogP contribution >= 0.6 is 27.5 Å². The van der Waals surface area contributed by atoms with Crippen molar-refractivity contribution in [2.75, 3.05) is 26.0 Å². The van der Waals surface area contributed by atoms with Crippen LogP contribution in [0.5, 0.6) is 0 Å². The quantitative estimate of drug-likeness (QED) is 0.931. The maximum atomic E-state index is 12.9. The first kappa shape index (κ1) is 13.4. The topological polar surface area (TPSA) is 32.3 Å². The molecule has 0 aromatic heterocycles. The molecule has 0 saturated heterocycles. The van der Waals surface area contributed by atoms with E-state index in [4.69, 9.17) is 11.6 Å². The van der Waals surface area contributed by atoms with Gasteiger partial charge in [0, 0.05) is 4.47 Å². The molecule has 6 heteroatoms. The molecule has 1 amide bonds. The van der Waals surface area contributed by atoms with E-state index < -0.39 is 5.82 Å². The minimum Gasteiger partial charge on any atom is -0.323 e. The second-order valence-corrected chi connectivity index (χ2v) is 4.79. The van der Waals surface area contributed by atoms with Crippen LogP contribution in [-0.4, -0.2) is 31.4 Å². The Morgan fingerprint density at radius 3 is 2.69 bits per heavy atom. The Morgan fingerprint density at radius 2 is 2.19 bits per heavy atom. The van der Waals surface area contributed by atoms with Crippen LogP contribution in [-0.2, 0) is 4.79 Å². The van der Waals surface area contributed by atoms with Gasteiger partial charge in [-0.05, 0) is 42.2 Å². The number of carbonyl (C=O) groups excluding carboxylic acids is 1. The summed E-state index contributed by atoms with van der Waals surface area (Å²) in [7, 11) is 3.56. The summed E-state index contributed by atoms with van der Waals surface area (Å²) in [5.74, 6) is -0.665. The average molecular weight is 310 g/mol. The maximum absolute atomic E-state index is 12.9. The van der Waals surface area contributed by atoms with Crippen molar-refractivity contribution in [3.63, 3.8) is 0 Å². The molecule has 1 N–H and O–H groups in total. The fourth-order valence-corrected chi connectivity index (χ4v) is 2.03. The molecule has 1 aromatic rings. The Balaban J connectivity index is 2.85. The lowest BCUT2D eigenvalue weighted by Gasteiger charge is -2.12. The molecule has 0 fully saturated rings. The van der Waals surface area contributed by atoms with Gasteiger partial charge < -0.3 is 10.2 Å². The average Bonchev–Trinajstić information content (AvgIpc) is 2.09. The van der Waals surface area contributed by atoms with Gasteiger partial charge in [-0.1, -0.05) is 11.6 Å². The molecule has 0 bridgehead atoms. The van der Waals surface area contributed by atoms with E-state index in [0.717, 1.165) is 6.07 Å². The second-order valence-electron chi connectivity index (χ2n) is 3.53. The van der Waals surface area contributed by atoms with Crippen molar-refractivity contribution in [3.8, 4) is 0 Å². The number of nitrogens with zero attached hydrogens (tertiary/aromatic N) is 1. The molecular weight excluding hydrogens is 298 g/mol. The lowest BCUT2D eigenvalue weighted by molar-refractivity contribution is -0.116. The first-order chi connectivity index (χ1) is 7.40. The van der Waals surface area contributed by atoms with Crippen LogP contribution in [0.1, 0.15) is 0 Å². The Bertz CT molecular complexity index is 389. The molecule has 16 heavy (non-hydrogen) atoms. The van der Waals surface area contributed by atoms with Gasteiger partial charge in [-0.25, -0.2) is 4.39 Å². The van der Waals surface area contributed by atoms with Crippen molar-refractivity contribution in [1.29, 1.82) is 0 Å². The van der Waals surface area contributed by atoms with Gasteiger partial charge in [0.25, 0.3) is 0 Å². The minimum atomic E-state index is -0.456. The summed E-state index contributed by atoms with van der Waals surface area (Å²) in [4.78, 5) is 13.2. The van der Waals surface area contributed by atoms with Crippen LogP contribution in [0.4, 0.5) is 10.1 Å². The van der Waals surface area contributed by atoms with Crippen molar-refractivity contribution in [3.05, 3.63) is 27.4 Å². The molecule has 3 nitrogen and oxygen atoms in total. The largest absolute Gasteiger partial charge is 0.323 e. The molecule has 0 aliphatic carbocycles. The predicted octanol–water partition coefficient (Wildman–Crippen LogP) is 2.74. The third kappa shape index (κ3) is 3.73. The summed E-state index contributed by atoms with van der Waals surface area (Å²) in [6, 6.07) is 2.40. The van der Waals surface area contributed by atoms with E-state index in [2.05, 4.69) is 21.2 Å². The lowest BCUT2D eigenvalue weighted by Crippen LogP contribution is -2.27. The third-order valence-electron chi connectivity index (χ3n) is 1.73. The van der Waals surface area contributed by atoms with Gasteiger partial charge in [0.15, 0.2) is 0 Å². The van der Waals surface area contributed by atoms with E-state index in [9.17, 15) is 9.18 Å².